The molecule has 5 rings (SSSR count). The molecule has 2 aliphatic rings. The van der Waals surface area contributed by atoms with Crippen LogP contribution in [0.5, 0.6) is 5.75 Å². The fourth-order valence-electron chi connectivity index (χ4n) is 6.35. The standard InChI is InChI=1S/C35H46N6O2S/c1-34(2,3)24-18-23(22-44-6)19-25(20-24)38-33(42)39-29-13-14-30(28-11-8-7-10-27(28)29)43-26-12-15-31(36)41(21-26)32(37)35(4)16-9-17-40(35)5/h7-8,10-12,15,18-21,29-30,36-37H,9,13-14,16-17,22H2,1-6H3,(H2,38,39,42). The summed E-state index contributed by atoms with van der Waals surface area (Å²) < 4.78 is 8.17. The topological polar surface area (TPSA) is 106 Å². The van der Waals surface area contributed by atoms with E-state index in [1.54, 1.807) is 28.6 Å². The van der Waals surface area contributed by atoms with Crippen molar-refractivity contribution < 1.29 is 9.53 Å². The zero-order valence-corrected chi connectivity index (χ0v) is 27.6. The third-order valence-electron chi connectivity index (χ3n) is 9.12. The highest BCUT2D eigenvalue weighted by Crippen LogP contribution is 2.39. The lowest BCUT2D eigenvalue weighted by Crippen LogP contribution is -2.50. The number of nitrogens with one attached hydrogen (secondary N) is 4. The van der Waals surface area contributed by atoms with Crippen LogP contribution in [0.2, 0.25) is 0 Å². The summed E-state index contributed by atoms with van der Waals surface area (Å²) in [5, 5.41) is 23.8. The van der Waals surface area contributed by atoms with Crippen LogP contribution < -0.4 is 20.9 Å². The lowest BCUT2D eigenvalue weighted by atomic mass is 9.85. The van der Waals surface area contributed by atoms with Gasteiger partial charge in [0.25, 0.3) is 0 Å². The largest absolute Gasteiger partial charge is 0.484 e. The van der Waals surface area contributed by atoms with Crippen molar-refractivity contribution in [1.82, 2.24) is 14.8 Å². The summed E-state index contributed by atoms with van der Waals surface area (Å²) in [5.74, 6) is 1.90. The first-order chi connectivity index (χ1) is 20.9. The minimum absolute atomic E-state index is 0.0238. The summed E-state index contributed by atoms with van der Waals surface area (Å²) in [7, 11) is 2.04. The number of benzene rings is 2. The van der Waals surface area contributed by atoms with Gasteiger partial charge in [0.05, 0.1) is 17.8 Å². The third kappa shape index (κ3) is 6.74. The number of urea groups is 1. The molecule has 3 atom stereocenters. The molecule has 3 unspecified atom stereocenters. The van der Waals surface area contributed by atoms with Gasteiger partial charge in [0.15, 0.2) is 0 Å². The van der Waals surface area contributed by atoms with Gasteiger partial charge in [-0.25, -0.2) is 4.79 Å². The highest BCUT2D eigenvalue weighted by molar-refractivity contribution is 7.97. The van der Waals surface area contributed by atoms with Crippen LogP contribution in [0.4, 0.5) is 10.5 Å². The first-order valence-electron chi connectivity index (χ1n) is 15.4. The Bertz CT molecular complexity index is 1590. The van der Waals surface area contributed by atoms with Crippen molar-refractivity contribution in [2.75, 3.05) is 25.2 Å². The second-order valence-corrected chi connectivity index (χ2v) is 14.2. The Balaban J connectivity index is 1.32. The van der Waals surface area contributed by atoms with E-state index in [0.29, 0.717) is 11.6 Å². The molecule has 0 radical (unpaired) electrons. The van der Waals surface area contributed by atoms with E-state index < -0.39 is 5.54 Å². The molecular formula is C35H46N6O2S. The van der Waals surface area contributed by atoms with Gasteiger partial charge in [0, 0.05) is 11.4 Å². The number of aromatic nitrogens is 1. The molecule has 8 nitrogen and oxygen atoms in total. The number of carbonyl (C=O) groups excluding carboxylic acids is 1. The van der Waals surface area contributed by atoms with Crippen molar-refractivity contribution >= 4 is 29.3 Å². The molecule has 2 amide bonds. The number of carbonyl (C=O) groups is 1. The number of rotatable bonds is 7. The zero-order valence-electron chi connectivity index (χ0n) is 26.8. The van der Waals surface area contributed by atoms with Crippen LogP contribution in [0.15, 0.2) is 60.8 Å². The maximum atomic E-state index is 13.3. The van der Waals surface area contributed by atoms with Crippen molar-refractivity contribution in [1.29, 1.82) is 10.8 Å². The monoisotopic (exact) mass is 614 g/mol. The van der Waals surface area contributed by atoms with Gasteiger partial charge in [-0.05, 0) is 104 Å². The van der Waals surface area contributed by atoms with Gasteiger partial charge in [0.1, 0.15) is 23.2 Å². The number of pyridine rings is 1. The molecule has 9 heteroatoms. The van der Waals surface area contributed by atoms with Crippen molar-refractivity contribution in [2.24, 2.45) is 0 Å². The Morgan fingerprint density at radius 3 is 2.55 bits per heavy atom. The van der Waals surface area contributed by atoms with E-state index in [4.69, 9.17) is 15.6 Å². The van der Waals surface area contributed by atoms with Crippen LogP contribution in [-0.2, 0) is 11.2 Å². The zero-order chi connectivity index (χ0) is 31.6. The molecule has 1 aliphatic heterocycles. The molecule has 0 spiro atoms. The number of hydrogen-bond acceptors (Lipinski definition) is 6. The molecule has 3 aromatic rings. The molecule has 1 saturated heterocycles. The number of likely N-dealkylation sites (tertiary alicyclic amines) is 1. The number of thioether (sulfide) groups is 1. The van der Waals surface area contributed by atoms with Gasteiger partial charge in [-0.3, -0.25) is 20.3 Å². The second kappa shape index (κ2) is 12.8. The SMILES string of the molecule is CSCc1cc(NC(=O)NC2CCC(Oc3ccc(=N)n(C(=N)C4(C)CCCN4C)c3)c3ccccc32)cc(C(C)(C)C)c1. The number of nitrogens with zero attached hydrogens (tertiary/aromatic N) is 2. The van der Waals surface area contributed by atoms with E-state index in [2.05, 4.69) is 79.8 Å². The predicted molar refractivity (Wildman–Crippen MR) is 180 cm³/mol. The van der Waals surface area contributed by atoms with E-state index in [9.17, 15) is 4.79 Å². The second-order valence-electron chi connectivity index (χ2n) is 13.3. The summed E-state index contributed by atoms with van der Waals surface area (Å²) >= 11 is 1.77. The lowest BCUT2D eigenvalue weighted by molar-refractivity contribution is 0.171. The quantitative estimate of drug-likeness (QED) is 0.167. The van der Waals surface area contributed by atoms with Crippen molar-refractivity contribution in [2.45, 2.75) is 82.2 Å². The van der Waals surface area contributed by atoms with Crippen LogP contribution in [-0.4, -0.2) is 46.7 Å². The van der Waals surface area contributed by atoms with Crippen molar-refractivity contribution in [3.8, 4) is 5.75 Å². The van der Waals surface area contributed by atoms with Gasteiger partial charge >= 0.3 is 6.03 Å². The Morgan fingerprint density at radius 2 is 1.86 bits per heavy atom. The Hall–Kier alpha value is -3.56. The van der Waals surface area contributed by atoms with E-state index in [-0.39, 0.29) is 29.1 Å². The summed E-state index contributed by atoms with van der Waals surface area (Å²) in [6, 6.07) is 17.6. The minimum atomic E-state index is -0.416. The van der Waals surface area contributed by atoms with Gasteiger partial charge < -0.3 is 15.4 Å². The Kier molecular flexibility index (Phi) is 9.28. The fourth-order valence-corrected chi connectivity index (χ4v) is 6.85. The van der Waals surface area contributed by atoms with E-state index in [0.717, 1.165) is 54.8 Å². The van der Waals surface area contributed by atoms with Crippen LogP contribution in [0.25, 0.3) is 0 Å². The number of hydrogen-bond donors (Lipinski definition) is 4. The Labute approximate surface area is 265 Å². The summed E-state index contributed by atoms with van der Waals surface area (Å²) in [6.45, 7) is 9.58. The molecule has 1 fully saturated rings. The van der Waals surface area contributed by atoms with Gasteiger partial charge in [-0.15, -0.1) is 0 Å². The minimum Gasteiger partial charge on any atom is -0.484 e. The van der Waals surface area contributed by atoms with Crippen molar-refractivity contribution in [3.05, 3.63) is 88.5 Å². The molecule has 1 aromatic heterocycles. The van der Waals surface area contributed by atoms with Gasteiger partial charge in [0.2, 0.25) is 0 Å². The lowest BCUT2D eigenvalue weighted by Gasteiger charge is -2.34. The van der Waals surface area contributed by atoms with Crippen LogP contribution in [0, 0.1) is 10.8 Å². The average Bonchev–Trinajstić information content (AvgIpc) is 3.33. The highest BCUT2D eigenvalue weighted by Gasteiger charge is 2.39. The molecule has 234 valence electrons. The average molecular weight is 615 g/mol. The predicted octanol–water partition coefficient (Wildman–Crippen LogP) is 7.21. The van der Waals surface area contributed by atoms with Gasteiger partial charge in [-0.2, -0.15) is 11.8 Å². The molecule has 2 aromatic carbocycles. The number of anilines is 1. The molecule has 0 saturated carbocycles. The van der Waals surface area contributed by atoms with Crippen LogP contribution in [0.3, 0.4) is 0 Å². The fraction of sp³-hybridized carbons (Fsp3) is 0.457. The maximum absolute atomic E-state index is 13.3. The molecular weight excluding hydrogens is 568 g/mol. The molecule has 4 N–H and O–H groups in total. The number of amides is 2. The van der Waals surface area contributed by atoms with Crippen LogP contribution in [0.1, 0.15) is 87.8 Å². The van der Waals surface area contributed by atoms with E-state index >= 15 is 0 Å². The summed E-state index contributed by atoms with van der Waals surface area (Å²) in [6.07, 6.45) is 7.04. The van der Waals surface area contributed by atoms with Crippen LogP contribution >= 0.6 is 11.8 Å². The summed E-state index contributed by atoms with van der Waals surface area (Å²) in [4.78, 5) is 15.5. The smallest absolute Gasteiger partial charge is 0.319 e. The first kappa shape index (κ1) is 31.9. The molecule has 1 aliphatic carbocycles. The first-order valence-corrected chi connectivity index (χ1v) is 16.8. The van der Waals surface area contributed by atoms with Gasteiger partial charge in [-0.1, -0.05) is 51.1 Å². The normalized spacial score (nSPS) is 21.9. The van der Waals surface area contributed by atoms with Crippen molar-refractivity contribution in [3.63, 3.8) is 0 Å². The highest BCUT2D eigenvalue weighted by atomic mass is 32.2. The molecule has 44 heavy (non-hydrogen) atoms. The molecule has 0 bridgehead atoms. The number of likely N-dealkylation sites (N-methyl/N-ethyl adjacent to an activating group) is 1. The summed E-state index contributed by atoms with van der Waals surface area (Å²) in [5.41, 5.74) is 5.10. The third-order valence-corrected chi connectivity index (χ3v) is 9.74. The number of fused-ring (bicyclic) bond motifs is 1. The van der Waals surface area contributed by atoms with E-state index in [1.165, 1.54) is 11.1 Å². The maximum Gasteiger partial charge on any atom is 0.319 e. The molecule has 2 heterocycles. The number of ether oxygens (including phenoxy) is 1. The van der Waals surface area contributed by atoms with E-state index in [1.807, 2.05) is 25.2 Å². The Morgan fingerprint density at radius 1 is 1.11 bits per heavy atom.